The smallest absolute Gasteiger partial charge is 0.205 e. The number of aromatic nitrogens is 2. The molecule has 0 bridgehead atoms. The number of nitrogens with zero attached hydrogens (tertiary/aromatic N) is 3. The summed E-state index contributed by atoms with van der Waals surface area (Å²) in [4.78, 5) is 6.71. The first-order chi connectivity index (χ1) is 8.45. The molecule has 1 aromatic rings. The van der Waals surface area contributed by atoms with Crippen molar-refractivity contribution < 1.29 is 4.74 Å². The minimum Gasteiger partial charge on any atom is -0.383 e. The molecule has 1 N–H and O–H groups in total. The van der Waals surface area contributed by atoms with Gasteiger partial charge in [-0.2, -0.15) is 4.37 Å². The molecule has 0 radical (unpaired) electrons. The average Bonchev–Trinajstić information content (AvgIpc) is 2.77. The summed E-state index contributed by atoms with van der Waals surface area (Å²) in [6.45, 7) is 9.86. The Bertz CT molecular complexity index is 348. The number of anilines is 1. The van der Waals surface area contributed by atoms with E-state index in [1.54, 1.807) is 7.11 Å². The van der Waals surface area contributed by atoms with Crippen LogP contribution in [-0.4, -0.2) is 49.8 Å². The number of rotatable bonds is 7. The second-order valence-electron chi connectivity index (χ2n) is 5.31. The van der Waals surface area contributed by atoms with Gasteiger partial charge >= 0.3 is 0 Å². The normalized spacial score (nSPS) is 11.8. The highest BCUT2D eigenvalue weighted by Crippen LogP contribution is 2.24. The van der Waals surface area contributed by atoms with E-state index in [0.717, 1.165) is 37.2 Å². The molecule has 0 aliphatic heterocycles. The van der Waals surface area contributed by atoms with Gasteiger partial charge in [0.25, 0.3) is 0 Å². The molecule has 0 saturated carbocycles. The first kappa shape index (κ1) is 15.3. The van der Waals surface area contributed by atoms with Gasteiger partial charge in [-0.3, -0.25) is 0 Å². The van der Waals surface area contributed by atoms with Gasteiger partial charge in [-0.15, -0.1) is 0 Å². The van der Waals surface area contributed by atoms with E-state index in [-0.39, 0.29) is 5.41 Å². The van der Waals surface area contributed by atoms with Crippen LogP contribution in [0.15, 0.2) is 0 Å². The zero-order chi connectivity index (χ0) is 13.6. The number of likely N-dealkylation sites (N-methyl/N-ethyl adjacent to an activating group) is 1. The molecular weight excluding hydrogens is 248 g/mol. The molecule has 1 heterocycles. The van der Waals surface area contributed by atoms with E-state index in [9.17, 15) is 0 Å². The van der Waals surface area contributed by atoms with Gasteiger partial charge < -0.3 is 15.0 Å². The lowest BCUT2D eigenvalue weighted by molar-refractivity contribution is 0.200. The van der Waals surface area contributed by atoms with Crippen LogP contribution in [-0.2, 0) is 10.2 Å². The van der Waals surface area contributed by atoms with Crippen molar-refractivity contribution in [1.82, 2.24) is 14.7 Å². The number of hydrogen-bond acceptors (Lipinski definition) is 6. The Morgan fingerprint density at radius 3 is 2.61 bits per heavy atom. The van der Waals surface area contributed by atoms with Crippen LogP contribution in [0.3, 0.4) is 0 Å². The third-order valence-electron chi connectivity index (χ3n) is 2.52. The summed E-state index contributed by atoms with van der Waals surface area (Å²) in [6, 6.07) is 0. The summed E-state index contributed by atoms with van der Waals surface area (Å²) in [7, 11) is 3.76. The second kappa shape index (κ2) is 7.01. The van der Waals surface area contributed by atoms with Crippen LogP contribution >= 0.6 is 11.5 Å². The van der Waals surface area contributed by atoms with Crippen LogP contribution in [0.1, 0.15) is 26.6 Å². The lowest BCUT2D eigenvalue weighted by Crippen LogP contribution is -2.30. The molecule has 0 amide bonds. The standard InChI is InChI=1S/C12H24N4OS/c1-12(2,3)10-14-11(18-15-10)16(4)8-6-13-7-9-17-5/h13H,6-9H2,1-5H3. The molecule has 0 aromatic carbocycles. The molecule has 0 atom stereocenters. The highest BCUT2D eigenvalue weighted by atomic mass is 32.1. The molecule has 0 saturated heterocycles. The average molecular weight is 272 g/mol. The maximum Gasteiger partial charge on any atom is 0.205 e. The zero-order valence-corrected chi connectivity index (χ0v) is 12.8. The third kappa shape index (κ3) is 4.88. The van der Waals surface area contributed by atoms with Gasteiger partial charge in [0, 0.05) is 50.7 Å². The van der Waals surface area contributed by atoms with E-state index in [0.29, 0.717) is 0 Å². The first-order valence-corrected chi connectivity index (χ1v) is 6.97. The van der Waals surface area contributed by atoms with Crippen LogP contribution in [0.4, 0.5) is 5.13 Å². The van der Waals surface area contributed by atoms with Crippen molar-refractivity contribution in [3.63, 3.8) is 0 Å². The van der Waals surface area contributed by atoms with Crippen LogP contribution < -0.4 is 10.2 Å². The van der Waals surface area contributed by atoms with Crippen molar-refractivity contribution in [3.8, 4) is 0 Å². The topological polar surface area (TPSA) is 50.3 Å². The number of ether oxygens (including phenoxy) is 1. The molecule has 1 rings (SSSR count). The highest BCUT2D eigenvalue weighted by molar-refractivity contribution is 7.09. The fraction of sp³-hybridized carbons (Fsp3) is 0.833. The van der Waals surface area contributed by atoms with Gasteiger partial charge in [0.15, 0.2) is 0 Å². The molecule has 6 heteroatoms. The Kier molecular flexibility index (Phi) is 5.98. The van der Waals surface area contributed by atoms with Crippen LogP contribution in [0.5, 0.6) is 0 Å². The highest BCUT2D eigenvalue weighted by Gasteiger charge is 2.20. The maximum absolute atomic E-state index is 4.98. The fourth-order valence-corrected chi connectivity index (χ4v) is 2.16. The lowest BCUT2D eigenvalue weighted by atomic mass is 9.96. The van der Waals surface area contributed by atoms with Crippen LogP contribution in [0, 0.1) is 0 Å². The van der Waals surface area contributed by atoms with Gasteiger partial charge in [0.05, 0.1) is 6.61 Å². The van der Waals surface area contributed by atoms with Crippen LogP contribution in [0.25, 0.3) is 0 Å². The summed E-state index contributed by atoms with van der Waals surface area (Å²) in [5.41, 5.74) is 0.0201. The summed E-state index contributed by atoms with van der Waals surface area (Å²) < 4.78 is 9.39. The molecule has 5 nitrogen and oxygen atoms in total. The molecule has 0 aliphatic rings. The Hall–Kier alpha value is -0.720. The summed E-state index contributed by atoms with van der Waals surface area (Å²) >= 11 is 1.47. The van der Waals surface area contributed by atoms with Crippen molar-refractivity contribution in [2.24, 2.45) is 0 Å². The Morgan fingerprint density at radius 1 is 1.33 bits per heavy atom. The van der Waals surface area contributed by atoms with E-state index in [4.69, 9.17) is 4.74 Å². The van der Waals surface area contributed by atoms with Gasteiger partial charge in [0.2, 0.25) is 5.13 Å². The van der Waals surface area contributed by atoms with E-state index in [1.165, 1.54) is 11.5 Å². The van der Waals surface area contributed by atoms with Gasteiger partial charge in [-0.1, -0.05) is 20.8 Å². The van der Waals surface area contributed by atoms with E-state index in [1.807, 2.05) is 7.05 Å². The predicted molar refractivity (Wildman–Crippen MR) is 76.6 cm³/mol. The fourth-order valence-electron chi connectivity index (χ4n) is 1.32. The molecular formula is C12H24N4OS. The SMILES string of the molecule is COCCNCCN(C)c1nc(C(C)(C)C)ns1. The van der Waals surface area contributed by atoms with Crippen molar-refractivity contribution >= 4 is 16.7 Å². The summed E-state index contributed by atoms with van der Waals surface area (Å²) in [5, 5.41) is 4.29. The van der Waals surface area contributed by atoms with E-state index >= 15 is 0 Å². The maximum atomic E-state index is 4.98. The largest absolute Gasteiger partial charge is 0.383 e. The third-order valence-corrected chi connectivity index (χ3v) is 3.35. The Balaban J connectivity index is 2.37. The first-order valence-electron chi connectivity index (χ1n) is 6.20. The number of methoxy groups -OCH3 is 1. The molecule has 1 aromatic heterocycles. The molecule has 0 unspecified atom stereocenters. The zero-order valence-electron chi connectivity index (χ0n) is 12.0. The lowest BCUT2D eigenvalue weighted by Gasteiger charge is -2.16. The van der Waals surface area contributed by atoms with Crippen LogP contribution in [0.2, 0.25) is 0 Å². The molecule has 0 aliphatic carbocycles. The monoisotopic (exact) mass is 272 g/mol. The summed E-state index contributed by atoms with van der Waals surface area (Å²) in [6.07, 6.45) is 0. The van der Waals surface area contributed by atoms with Gasteiger partial charge in [-0.05, 0) is 0 Å². The van der Waals surface area contributed by atoms with Crippen molar-refractivity contribution in [2.75, 3.05) is 45.3 Å². The molecule has 104 valence electrons. The van der Waals surface area contributed by atoms with Crippen molar-refractivity contribution in [2.45, 2.75) is 26.2 Å². The van der Waals surface area contributed by atoms with Gasteiger partial charge in [0.1, 0.15) is 5.82 Å². The van der Waals surface area contributed by atoms with E-state index in [2.05, 4.69) is 40.3 Å². The number of nitrogens with one attached hydrogen (secondary N) is 1. The summed E-state index contributed by atoms with van der Waals surface area (Å²) in [5.74, 6) is 0.918. The minimum atomic E-state index is 0.0201. The van der Waals surface area contributed by atoms with Crippen molar-refractivity contribution in [3.05, 3.63) is 5.82 Å². The predicted octanol–water partition coefficient (Wildman–Crippen LogP) is 1.51. The second-order valence-corrected chi connectivity index (χ2v) is 6.05. The van der Waals surface area contributed by atoms with Gasteiger partial charge in [-0.25, -0.2) is 4.98 Å². The molecule has 18 heavy (non-hydrogen) atoms. The molecule has 0 spiro atoms. The molecule has 0 fully saturated rings. The van der Waals surface area contributed by atoms with Crippen molar-refractivity contribution in [1.29, 1.82) is 0 Å². The Morgan fingerprint density at radius 2 is 2.06 bits per heavy atom. The number of hydrogen-bond donors (Lipinski definition) is 1. The Labute approximate surface area is 114 Å². The van der Waals surface area contributed by atoms with E-state index < -0.39 is 0 Å². The minimum absolute atomic E-state index is 0.0201. The quantitative estimate of drug-likeness (QED) is 0.763.